The van der Waals surface area contributed by atoms with Gasteiger partial charge < -0.3 is 20.3 Å². The van der Waals surface area contributed by atoms with Gasteiger partial charge in [0.05, 0.1) is 7.11 Å². The highest BCUT2D eigenvalue weighted by atomic mass is 16.5. The van der Waals surface area contributed by atoms with E-state index in [-0.39, 0.29) is 12.2 Å². The maximum absolute atomic E-state index is 11.7. The molecule has 2 aromatic rings. The fourth-order valence-electron chi connectivity index (χ4n) is 1.89. The smallest absolute Gasteiger partial charge is 0.341 e. The first-order valence-corrected chi connectivity index (χ1v) is 6.49. The highest BCUT2D eigenvalue weighted by Gasteiger charge is 2.14. The van der Waals surface area contributed by atoms with Crippen LogP contribution in [0.5, 0.6) is 11.5 Å². The topological polar surface area (TPSA) is 81.8 Å². The molecule has 110 valence electrons. The van der Waals surface area contributed by atoms with Gasteiger partial charge in [-0.25, -0.2) is 4.79 Å². The fourth-order valence-corrected chi connectivity index (χ4v) is 1.89. The third-order valence-electron chi connectivity index (χ3n) is 2.96. The molecular formula is C16H17NO4. The molecule has 0 heterocycles. The van der Waals surface area contributed by atoms with Gasteiger partial charge in [0.15, 0.2) is 0 Å². The van der Waals surface area contributed by atoms with Crippen LogP contribution in [-0.4, -0.2) is 24.8 Å². The van der Waals surface area contributed by atoms with E-state index in [0.29, 0.717) is 23.6 Å². The second-order valence-corrected chi connectivity index (χ2v) is 4.47. The number of nitrogens with two attached hydrogens (primary N) is 1. The summed E-state index contributed by atoms with van der Waals surface area (Å²) < 4.78 is 10.4. The number of hydrogen-bond acceptors (Lipinski definition) is 5. The number of aliphatic hydroxyl groups is 1. The summed E-state index contributed by atoms with van der Waals surface area (Å²) in [6.07, 6.45) is 0.593. The zero-order valence-corrected chi connectivity index (χ0v) is 11.7. The molecule has 0 aliphatic carbocycles. The zero-order valence-electron chi connectivity index (χ0n) is 11.7. The Labute approximate surface area is 122 Å². The molecule has 21 heavy (non-hydrogen) atoms. The Morgan fingerprint density at radius 1 is 1.19 bits per heavy atom. The number of ether oxygens (including phenoxy) is 2. The second kappa shape index (κ2) is 6.76. The SMILES string of the molecule is COC(=O)c1cc(N)ccc1Oc1ccc(CCO)cc1. The molecule has 0 aliphatic rings. The average molecular weight is 287 g/mol. The summed E-state index contributed by atoms with van der Waals surface area (Å²) in [4.78, 5) is 11.7. The van der Waals surface area contributed by atoms with Crippen LogP contribution in [0.2, 0.25) is 0 Å². The lowest BCUT2D eigenvalue weighted by molar-refractivity contribution is 0.0598. The van der Waals surface area contributed by atoms with E-state index in [1.165, 1.54) is 13.2 Å². The summed E-state index contributed by atoms with van der Waals surface area (Å²) >= 11 is 0. The summed E-state index contributed by atoms with van der Waals surface area (Å²) in [6, 6.07) is 12.1. The first-order chi connectivity index (χ1) is 10.1. The molecule has 5 nitrogen and oxygen atoms in total. The van der Waals surface area contributed by atoms with Crippen molar-refractivity contribution in [3.63, 3.8) is 0 Å². The molecule has 2 rings (SSSR count). The second-order valence-electron chi connectivity index (χ2n) is 4.47. The molecule has 0 aromatic heterocycles. The van der Waals surface area contributed by atoms with Gasteiger partial charge >= 0.3 is 5.97 Å². The molecule has 0 bridgehead atoms. The van der Waals surface area contributed by atoms with Crippen molar-refractivity contribution in [3.8, 4) is 11.5 Å². The zero-order chi connectivity index (χ0) is 15.2. The predicted molar refractivity (Wildman–Crippen MR) is 79.5 cm³/mol. The Balaban J connectivity index is 2.24. The van der Waals surface area contributed by atoms with Gasteiger partial charge in [-0.2, -0.15) is 0 Å². The van der Waals surface area contributed by atoms with Gasteiger partial charge in [-0.15, -0.1) is 0 Å². The standard InChI is InChI=1S/C16H17NO4/c1-20-16(19)14-10-12(17)4-7-15(14)21-13-5-2-11(3-6-13)8-9-18/h2-7,10,18H,8-9,17H2,1H3. The van der Waals surface area contributed by atoms with Crippen LogP contribution in [0.15, 0.2) is 42.5 Å². The van der Waals surface area contributed by atoms with Crippen LogP contribution in [0.1, 0.15) is 15.9 Å². The van der Waals surface area contributed by atoms with Crippen LogP contribution in [0.3, 0.4) is 0 Å². The van der Waals surface area contributed by atoms with Crippen molar-refractivity contribution in [2.24, 2.45) is 0 Å². The number of hydrogen-bond donors (Lipinski definition) is 2. The summed E-state index contributed by atoms with van der Waals surface area (Å²) in [5.41, 5.74) is 7.42. The maximum Gasteiger partial charge on any atom is 0.341 e. The first-order valence-electron chi connectivity index (χ1n) is 6.49. The van der Waals surface area contributed by atoms with Crippen molar-refractivity contribution in [2.75, 3.05) is 19.5 Å². The van der Waals surface area contributed by atoms with Crippen LogP contribution in [0.25, 0.3) is 0 Å². The highest BCUT2D eigenvalue weighted by Crippen LogP contribution is 2.28. The molecule has 0 fully saturated rings. The number of nitrogen functional groups attached to an aromatic ring is 1. The average Bonchev–Trinajstić information content (AvgIpc) is 2.50. The molecule has 0 amide bonds. The van der Waals surface area contributed by atoms with E-state index in [1.54, 1.807) is 24.3 Å². The minimum absolute atomic E-state index is 0.102. The van der Waals surface area contributed by atoms with Crippen LogP contribution in [0, 0.1) is 0 Å². The van der Waals surface area contributed by atoms with E-state index in [2.05, 4.69) is 0 Å². The van der Waals surface area contributed by atoms with Gasteiger partial charge in [-0.1, -0.05) is 12.1 Å². The molecule has 0 atom stereocenters. The molecule has 3 N–H and O–H groups in total. The number of benzene rings is 2. The summed E-state index contributed by atoms with van der Waals surface area (Å²) in [6.45, 7) is 0.102. The molecule has 5 heteroatoms. The number of carbonyl (C=O) groups excluding carboxylic acids is 1. The summed E-state index contributed by atoms with van der Waals surface area (Å²) in [5.74, 6) is 0.465. The van der Waals surface area contributed by atoms with E-state index in [9.17, 15) is 4.79 Å². The van der Waals surface area contributed by atoms with Crippen molar-refractivity contribution in [1.82, 2.24) is 0 Å². The van der Waals surface area contributed by atoms with Gasteiger partial charge in [0.2, 0.25) is 0 Å². The summed E-state index contributed by atoms with van der Waals surface area (Å²) in [5, 5.41) is 8.88. The Hall–Kier alpha value is -2.53. The van der Waals surface area contributed by atoms with E-state index in [0.717, 1.165) is 5.56 Å². The van der Waals surface area contributed by atoms with Crippen molar-refractivity contribution in [3.05, 3.63) is 53.6 Å². The number of anilines is 1. The molecular weight excluding hydrogens is 270 g/mol. The van der Waals surface area contributed by atoms with Crippen LogP contribution in [-0.2, 0) is 11.2 Å². The molecule has 0 radical (unpaired) electrons. The minimum atomic E-state index is -0.505. The van der Waals surface area contributed by atoms with Crippen molar-refractivity contribution in [2.45, 2.75) is 6.42 Å². The normalized spacial score (nSPS) is 10.2. The van der Waals surface area contributed by atoms with Crippen LogP contribution >= 0.6 is 0 Å². The monoisotopic (exact) mass is 287 g/mol. The molecule has 0 unspecified atom stereocenters. The Morgan fingerprint density at radius 3 is 2.52 bits per heavy atom. The van der Waals surface area contributed by atoms with Gasteiger partial charge in [-0.3, -0.25) is 0 Å². The van der Waals surface area contributed by atoms with Gasteiger partial charge in [0.1, 0.15) is 17.1 Å². The fraction of sp³-hybridized carbons (Fsp3) is 0.188. The Kier molecular flexibility index (Phi) is 4.79. The third kappa shape index (κ3) is 3.73. The quantitative estimate of drug-likeness (QED) is 0.652. The lowest BCUT2D eigenvalue weighted by Gasteiger charge is -2.11. The van der Waals surface area contributed by atoms with Gasteiger partial charge in [0.25, 0.3) is 0 Å². The van der Waals surface area contributed by atoms with Crippen molar-refractivity contribution >= 4 is 11.7 Å². The predicted octanol–water partition coefficient (Wildman–Crippen LogP) is 2.38. The van der Waals surface area contributed by atoms with E-state index in [1.807, 2.05) is 12.1 Å². The molecule has 0 saturated carbocycles. The molecule has 2 aromatic carbocycles. The Morgan fingerprint density at radius 2 is 1.90 bits per heavy atom. The van der Waals surface area contributed by atoms with E-state index >= 15 is 0 Å². The molecule has 0 saturated heterocycles. The molecule has 0 aliphatic heterocycles. The first kappa shape index (κ1) is 14.9. The largest absolute Gasteiger partial charge is 0.465 e. The van der Waals surface area contributed by atoms with E-state index in [4.69, 9.17) is 20.3 Å². The lowest BCUT2D eigenvalue weighted by Crippen LogP contribution is -2.04. The maximum atomic E-state index is 11.7. The number of carbonyl (C=O) groups is 1. The minimum Gasteiger partial charge on any atom is -0.465 e. The number of aliphatic hydroxyl groups excluding tert-OH is 1. The highest BCUT2D eigenvalue weighted by molar-refractivity contribution is 5.93. The van der Waals surface area contributed by atoms with Gasteiger partial charge in [-0.05, 0) is 42.3 Å². The summed E-state index contributed by atoms with van der Waals surface area (Å²) in [7, 11) is 1.30. The van der Waals surface area contributed by atoms with E-state index < -0.39 is 5.97 Å². The van der Waals surface area contributed by atoms with Crippen molar-refractivity contribution < 1.29 is 19.4 Å². The third-order valence-corrected chi connectivity index (χ3v) is 2.96. The molecule has 0 spiro atoms. The van der Waals surface area contributed by atoms with Crippen LogP contribution < -0.4 is 10.5 Å². The lowest BCUT2D eigenvalue weighted by atomic mass is 10.1. The number of esters is 1. The van der Waals surface area contributed by atoms with Crippen LogP contribution in [0.4, 0.5) is 5.69 Å². The van der Waals surface area contributed by atoms with Crippen molar-refractivity contribution in [1.29, 1.82) is 0 Å². The Bertz CT molecular complexity index is 623. The van der Waals surface area contributed by atoms with Gasteiger partial charge in [0, 0.05) is 12.3 Å². The number of methoxy groups -OCH3 is 1. The number of rotatable bonds is 5.